The molecule has 0 aromatic carbocycles. The highest BCUT2D eigenvalue weighted by atomic mass is 79.9. The number of hydrogen-bond donors (Lipinski definition) is 0. The summed E-state index contributed by atoms with van der Waals surface area (Å²) in [5.74, 6) is 2.15. The fourth-order valence-electron chi connectivity index (χ4n) is 2.55. The highest BCUT2D eigenvalue weighted by molar-refractivity contribution is 9.08. The first-order chi connectivity index (χ1) is 8.86. The van der Waals surface area contributed by atoms with Crippen molar-refractivity contribution in [3.8, 4) is 0 Å². The third-order valence-corrected chi connectivity index (χ3v) is 5.17. The maximum Gasteiger partial charge on any atom is 0.195 e. The first-order valence-corrected chi connectivity index (χ1v) is 8.64. The summed E-state index contributed by atoms with van der Waals surface area (Å²) in [5.41, 5.74) is 1.32. The molecule has 2 heterocycles. The fourth-order valence-corrected chi connectivity index (χ4v) is 3.80. The molecule has 0 aliphatic heterocycles. The van der Waals surface area contributed by atoms with Crippen molar-refractivity contribution in [3.05, 3.63) is 17.3 Å². The van der Waals surface area contributed by atoms with Crippen LogP contribution in [0.4, 0.5) is 5.82 Å². The molecule has 0 atom stereocenters. The molecule has 0 unspecified atom stereocenters. The van der Waals surface area contributed by atoms with Gasteiger partial charge in [-0.2, -0.15) is 0 Å². The van der Waals surface area contributed by atoms with Crippen molar-refractivity contribution in [2.24, 2.45) is 5.92 Å². The molecule has 0 N–H and O–H groups in total. The Balaban J connectivity index is 1.75. The van der Waals surface area contributed by atoms with Crippen LogP contribution in [-0.4, -0.2) is 22.0 Å². The Bertz CT molecular complexity index is 568. The Labute approximate surface area is 119 Å². The first kappa shape index (κ1) is 11.3. The minimum atomic E-state index is 0.757. The van der Waals surface area contributed by atoms with Crippen LogP contribution in [-0.2, 0) is 5.33 Å². The third kappa shape index (κ3) is 1.88. The SMILES string of the molecule is BrCc1c(N(CC2CC2)C2CC2)nc2sccn12. The minimum absolute atomic E-state index is 0.757. The lowest BCUT2D eigenvalue weighted by atomic mass is 10.3. The van der Waals surface area contributed by atoms with Gasteiger partial charge in [0, 0.05) is 29.5 Å². The molecule has 4 rings (SSSR count). The monoisotopic (exact) mass is 325 g/mol. The molecular formula is C13H16BrN3S. The highest BCUT2D eigenvalue weighted by Gasteiger charge is 2.36. The van der Waals surface area contributed by atoms with E-state index in [0.29, 0.717) is 0 Å². The zero-order valence-electron chi connectivity index (χ0n) is 10.2. The standard InChI is InChI=1S/C13H16BrN3S/c14-7-11-12(15-13-16(11)5-6-18-13)17(10-3-4-10)8-9-1-2-9/h5-6,9-10H,1-4,7-8H2. The molecule has 3 nitrogen and oxygen atoms in total. The highest BCUT2D eigenvalue weighted by Crippen LogP contribution is 2.39. The maximum atomic E-state index is 4.86. The second-order valence-electron chi connectivity index (χ2n) is 5.40. The van der Waals surface area contributed by atoms with Gasteiger partial charge in [-0.3, -0.25) is 4.40 Å². The lowest BCUT2D eigenvalue weighted by Crippen LogP contribution is -2.29. The largest absolute Gasteiger partial charge is 0.352 e. The van der Waals surface area contributed by atoms with Gasteiger partial charge in [0.15, 0.2) is 10.8 Å². The molecule has 2 aromatic heterocycles. The van der Waals surface area contributed by atoms with Crippen molar-refractivity contribution in [3.63, 3.8) is 0 Å². The quantitative estimate of drug-likeness (QED) is 0.782. The first-order valence-electron chi connectivity index (χ1n) is 6.64. The van der Waals surface area contributed by atoms with Crippen LogP contribution in [0, 0.1) is 5.92 Å². The lowest BCUT2D eigenvalue weighted by molar-refractivity contribution is 0.708. The number of thiazole rings is 1. The summed E-state index contributed by atoms with van der Waals surface area (Å²) in [6, 6.07) is 0.757. The molecule has 5 heteroatoms. The predicted molar refractivity (Wildman–Crippen MR) is 78.8 cm³/mol. The Morgan fingerprint density at radius 1 is 1.39 bits per heavy atom. The number of fused-ring (bicyclic) bond motifs is 1. The zero-order chi connectivity index (χ0) is 12.1. The number of aromatic nitrogens is 2. The summed E-state index contributed by atoms with van der Waals surface area (Å²) in [6.07, 6.45) is 7.65. The molecule has 2 aliphatic carbocycles. The summed E-state index contributed by atoms with van der Waals surface area (Å²) in [6.45, 7) is 1.22. The van der Waals surface area contributed by atoms with E-state index in [1.807, 2.05) is 0 Å². The smallest absolute Gasteiger partial charge is 0.195 e. The van der Waals surface area contributed by atoms with Crippen LogP contribution >= 0.6 is 27.3 Å². The number of halogens is 1. The topological polar surface area (TPSA) is 20.5 Å². The van der Waals surface area contributed by atoms with Crippen LogP contribution in [0.3, 0.4) is 0 Å². The van der Waals surface area contributed by atoms with Crippen molar-refractivity contribution in [2.75, 3.05) is 11.4 Å². The zero-order valence-corrected chi connectivity index (χ0v) is 12.6. The van der Waals surface area contributed by atoms with E-state index in [0.717, 1.165) is 22.3 Å². The van der Waals surface area contributed by atoms with Gasteiger partial charge in [-0.15, -0.1) is 11.3 Å². The molecule has 2 saturated carbocycles. The number of nitrogens with zero attached hydrogens (tertiary/aromatic N) is 3. The summed E-state index contributed by atoms with van der Waals surface area (Å²) >= 11 is 5.36. The second-order valence-corrected chi connectivity index (χ2v) is 6.83. The van der Waals surface area contributed by atoms with E-state index in [-0.39, 0.29) is 0 Å². The van der Waals surface area contributed by atoms with Gasteiger partial charge in [0.05, 0.1) is 5.69 Å². The third-order valence-electron chi connectivity index (χ3n) is 3.88. The predicted octanol–water partition coefficient (Wildman–Crippen LogP) is 3.67. The van der Waals surface area contributed by atoms with Gasteiger partial charge in [0.1, 0.15) is 0 Å². The molecule has 2 aliphatic rings. The van der Waals surface area contributed by atoms with Crippen molar-refractivity contribution >= 4 is 38.0 Å². The summed E-state index contributed by atoms with van der Waals surface area (Å²) in [4.78, 5) is 8.57. The molecule has 0 bridgehead atoms. The summed E-state index contributed by atoms with van der Waals surface area (Å²) in [7, 11) is 0. The van der Waals surface area contributed by atoms with E-state index >= 15 is 0 Å². The maximum absolute atomic E-state index is 4.86. The number of rotatable bonds is 5. The van der Waals surface area contributed by atoms with Crippen LogP contribution in [0.1, 0.15) is 31.4 Å². The van der Waals surface area contributed by atoms with Crippen LogP contribution < -0.4 is 4.90 Å². The van der Waals surface area contributed by atoms with Crippen LogP contribution in [0.15, 0.2) is 11.6 Å². The second kappa shape index (κ2) is 4.23. The van der Waals surface area contributed by atoms with Crippen LogP contribution in [0.5, 0.6) is 0 Å². The number of anilines is 1. The number of hydrogen-bond acceptors (Lipinski definition) is 3. The van der Waals surface area contributed by atoms with Crippen molar-refractivity contribution in [2.45, 2.75) is 37.1 Å². The van der Waals surface area contributed by atoms with Gasteiger partial charge in [-0.05, 0) is 31.6 Å². The fraction of sp³-hybridized carbons (Fsp3) is 0.615. The summed E-state index contributed by atoms with van der Waals surface area (Å²) in [5, 5.41) is 2.99. The molecule has 0 saturated heterocycles. The van der Waals surface area contributed by atoms with E-state index < -0.39 is 0 Å². The molecular weight excluding hydrogens is 310 g/mol. The van der Waals surface area contributed by atoms with Crippen LogP contribution in [0.25, 0.3) is 4.96 Å². The minimum Gasteiger partial charge on any atom is -0.352 e. The lowest BCUT2D eigenvalue weighted by Gasteiger charge is -2.23. The van der Waals surface area contributed by atoms with Gasteiger partial charge in [-0.1, -0.05) is 15.9 Å². The van der Waals surface area contributed by atoms with E-state index in [4.69, 9.17) is 4.98 Å². The Morgan fingerprint density at radius 2 is 2.22 bits per heavy atom. The number of alkyl halides is 1. The molecule has 0 radical (unpaired) electrons. The van der Waals surface area contributed by atoms with Crippen molar-refractivity contribution < 1.29 is 0 Å². The molecule has 2 aromatic rings. The van der Waals surface area contributed by atoms with Gasteiger partial charge in [0.2, 0.25) is 0 Å². The van der Waals surface area contributed by atoms with Crippen molar-refractivity contribution in [1.82, 2.24) is 9.38 Å². The van der Waals surface area contributed by atoms with Gasteiger partial charge in [-0.25, -0.2) is 4.98 Å². The van der Waals surface area contributed by atoms with Gasteiger partial charge < -0.3 is 4.90 Å². The van der Waals surface area contributed by atoms with E-state index in [1.165, 1.54) is 43.7 Å². The normalized spacial score (nSPS) is 19.6. The summed E-state index contributed by atoms with van der Waals surface area (Å²) < 4.78 is 2.23. The molecule has 0 amide bonds. The number of imidazole rings is 1. The van der Waals surface area contributed by atoms with Crippen LogP contribution in [0.2, 0.25) is 0 Å². The Morgan fingerprint density at radius 3 is 2.89 bits per heavy atom. The van der Waals surface area contributed by atoms with Crippen molar-refractivity contribution in [1.29, 1.82) is 0 Å². The average molecular weight is 326 g/mol. The molecule has 18 heavy (non-hydrogen) atoms. The van der Waals surface area contributed by atoms with E-state index in [1.54, 1.807) is 11.3 Å². The molecule has 0 spiro atoms. The van der Waals surface area contributed by atoms with E-state index in [9.17, 15) is 0 Å². The molecule has 96 valence electrons. The van der Waals surface area contributed by atoms with Gasteiger partial charge >= 0.3 is 0 Å². The van der Waals surface area contributed by atoms with E-state index in [2.05, 4.69) is 36.8 Å². The molecule has 2 fully saturated rings. The van der Waals surface area contributed by atoms with Gasteiger partial charge in [0.25, 0.3) is 0 Å². The Kier molecular flexibility index (Phi) is 2.66. The average Bonchev–Trinajstić information content (AvgIpc) is 3.26. The Hall–Kier alpha value is -0.550.